The van der Waals surface area contributed by atoms with Gasteiger partial charge in [-0.1, -0.05) is 5.16 Å². The van der Waals surface area contributed by atoms with E-state index in [2.05, 4.69) is 19.8 Å². The molecule has 2 rings (SSSR count). The SMILES string of the molecule is Cc1c(N)nsc1NCCc1ncno1. The predicted octanol–water partition coefficient (Wildman–Crippen LogP) is 1.07. The Morgan fingerprint density at radius 3 is 3.07 bits per heavy atom. The number of nitrogens with two attached hydrogens (primary N) is 1. The van der Waals surface area contributed by atoms with Crippen LogP contribution < -0.4 is 11.1 Å². The fraction of sp³-hybridized carbons (Fsp3) is 0.375. The van der Waals surface area contributed by atoms with Crippen molar-refractivity contribution >= 4 is 22.4 Å². The summed E-state index contributed by atoms with van der Waals surface area (Å²) < 4.78 is 8.91. The van der Waals surface area contributed by atoms with Crippen molar-refractivity contribution in [1.82, 2.24) is 14.5 Å². The molecule has 0 saturated carbocycles. The van der Waals surface area contributed by atoms with Crippen LogP contribution in [-0.4, -0.2) is 21.1 Å². The highest BCUT2D eigenvalue weighted by Crippen LogP contribution is 2.24. The van der Waals surface area contributed by atoms with Crippen LogP contribution in [-0.2, 0) is 6.42 Å². The van der Waals surface area contributed by atoms with Crippen molar-refractivity contribution in [3.05, 3.63) is 17.8 Å². The second-order valence-corrected chi connectivity index (χ2v) is 3.81. The van der Waals surface area contributed by atoms with Crippen LogP contribution >= 0.6 is 11.5 Å². The molecule has 0 aliphatic rings. The van der Waals surface area contributed by atoms with Gasteiger partial charge in [-0.3, -0.25) is 0 Å². The van der Waals surface area contributed by atoms with E-state index >= 15 is 0 Å². The number of rotatable bonds is 4. The van der Waals surface area contributed by atoms with Gasteiger partial charge in [0, 0.05) is 18.5 Å². The van der Waals surface area contributed by atoms with E-state index in [1.54, 1.807) is 0 Å². The molecular formula is C8H11N5OS. The van der Waals surface area contributed by atoms with Gasteiger partial charge in [-0.2, -0.15) is 9.36 Å². The molecule has 0 bridgehead atoms. The van der Waals surface area contributed by atoms with Crippen molar-refractivity contribution < 1.29 is 4.52 Å². The third kappa shape index (κ3) is 2.24. The first-order valence-electron chi connectivity index (χ1n) is 4.48. The Bertz CT molecular complexity index is 424. The van der Waals surface area contributed by atoms with E-state index in [-0.39, 0.29) is 0 Å². The Morgan fingerprint density at radius 1 is 1.60 bits per heavy atom. The summed E-state index contributed by atoms with van der Waals surface area (Å²) in [4.78, 5) is 3.92. The van der Waals surface area contributed by atoms with Crippen LogP contribution in [0.25, 0.3) is 0 Å². The summed E-state index contributed by atoms with van der Waals surface area (Å²) in [7, 11) is 0. The van der Waals surface area contributed by atoms with E-state index in [9.17, 15) is 0 Å². The third-order valence-corrected chi connectivity index (χ3v) is 2.91. The van der Waals surface area contributed by atoms with Gasteiger partial charge >= 0.3 is 0 Å². The number of nitrogens with zero attached hydrogens (tertiary/aromatic N) is 3. The summed E-state index contributed by atoms with van der Waals surface area (Å²) in [5.41, 5.74) is 6.62. The Hall–Kier alpha value is -1.63. The number of hydrogen-bond acceptors (Lipinski definition) is 7. The molecule has 0 fully saturated rings. The van der Waals surface area contributed by atoms with Gasteiger partial charge in [0.05, 0.1) is 0 Å². The fourth-order valence-electron chi connectivity index (χ4n) is 1.10. The fourth-order valence-corrected chi connectivity index (χ4v) is 1.84. The average molecular weight is 225 g/mol. The van der Waals surface area contributed by atoms with E-state index in [1.165, 1.54) is 17.9 Å². The van der Waals surface area contributed by atoms with Crippen molar-refractivity contribution in [2.24, 2.45) is 0 Å². The number of nitrogens with one attached hydrogen (secondary N) is 1. The maximum atomic E-state index is 5.63. The molecule has 2 aromatic heterocycles. The maximum Gasteiger partial charge on any atom is 0.228 e. The smallest absolute Gasteiger partial charge is 0.228 e. The summed E-state index contributed by atoms with van der Waals surface area (Å²) in [6.45, 7) is 2.67. The zero-order valence-corrected chi connectivity index (χ0v) is 9.04. The molecule has 0 amide bonds. The van der Waals surface area contributed by atoms with Crippen molar-refractivity contribution in [3.63, 3.8) is 0 Å². The van der Waals surface area contributed by atoms with Gasteiger partial charge in [-0.15, -0.1) is 0 Å². The lowest BCUT2D eigenvalue weighted by Gasteiger charge is -2.01. The topological polar surface area (TPSA) is 89.9 Å². The van der Waals surface area contributed by atoms with Crippen LogP contribution in [0.1, 0.15) is 11.5 Å². The minimum Gasteiger partial charge on any atom is -0.383 e. The van der Waals surface area contributed by atoms with E-state index in [0.29, 0.717) is 18.1 Å². The monoisotopic (exact) mass is 225 g/mol. The molecule has 15 heavy (non-hydrogen) atoms. The van der Waals surface area contributed by atoms with Gasteiger partial charge in [0.15, 0.2) is 6.33 Å². The minimum absolute atomic E-state index is 0.584. The van der Waals surface area contributed by atoms with E-state index < -0.39 is 0 Å². The molecule has 7 heteroatoms. The van der Waals surface area contributed by atoms with Crippen molar-refractivity contribution in [1.29, 1.82) is 0 Å². The number of anilines is 2. The lowest BCUT2D eigenvalue weighted by Crippen LogP contribution is -2.04. The van der Waals surface area contributed by atoms with Crippen LogP contribution in [0.2, 0.25) is 0 Å². The molecule has 0 radical (unpaired) electrons. The molecule has 3 N–H and O–H groups in total. The van der Waals surface area contributed by atoms with Crippen LogP contribution in [0.5, 0.6) is 0 Å². The maximum absolute atomic E-state index is 5.63. The highest BCUT2D eigenvalue weighted by Gasteiger charge is 2.06. The summed E-state index contributed by atoms with van der Waals surface area (Å²) in [5, 5.41) is 7.74. The normalized spacial score (nSPS) is 10.5. The Morgan fingerprint density at radius 2 is 2.47 bits per heavy atom. The quantitative estimate of drug-likeness (QED) is 0.809. The largest absolute Gasteiger partial charge is 0.383 e. The van der Waals surface area contributed by atoms with Gasteiger partial charge in [0.25, 0.3) is 0 Å². The molecule has 0 aliphatic heterocycles. The molecule has 0 atom stereocenters. The third-order valence-electron chi connectivity index (χ3n) is 1.99. The number of nitrogen functional groups attached to an aromatic ring is 1. The van der Waals surface area contributed by atoms with E-state index in [4.69, 9.17) is 10.3 Å². The molecule has 0 unspecified atom stereocenters. The second-order valence-electron chi connectivity index (χ2n) is 3.03. The standard InChI is InChI=1S/C8H11N5OS/c1-5-7(9)13-15-8(5)10-3-2-6-11-4-12-14-6/h4,10H,2-3H2,1H3,(H2,9,13). The zero-order valence-electron chi connectivity index (χ0n) is 8.23. The molecule has 2 aromatic rings. The molecular weight excluding hydrogens is 214 g/mol. The molecule has 2 heterocycles. The minimum atomic E-state index is 0.584. The average Bonchev–Trinajstić information content (AvgIpc) is 2.83. The second kappa shape index (κ2) is 4.26. The summed E-state index contributed by atoms with van der Waals surface area (Å²) in [6.07, 6.45) is 2.09. The van der Waals surface area contributed by atoms with Crippen molar-refractivity contribution in [2.75, 3.05) is 17.6 Å². The molecule has 0 aromatic carbocycles. The van der Waals surface area contributed by atoms with Crippen LogP contribution in [0.15, 0.2) is 10.9 Å². The summed E-state index contributed by atoms with van der Waals surface area (Å²) >= 11 is 1.36. The highest BCUT2D eigenvalue weighted by molar-refractivity contribution is 7.10. The predicted molar refractivity (Wildman–Crippen MR) is 57.8 cm³/mol. The number of hydrogen-bond donors (Lipinski definition) is 2. The van der Waals surface area contributed by atoms with Gasteiger partial charge < -0.3 is 15.6 Å². The lowest BCUT2D eigenvalue weighted by atomic mass is 10.3. The zero-order chi connectivity index (χ0) is 10.7. The molecule has 0 saturated heterocycles. The van der Waals surface area contributed by atoms with Crippen LogP contribution in [0.4, 0.5) is 10.8 Å². The van der Waals surface area contributed by atoms with E-state index in [0.717, 1.165) is 17.1 Å². The number of aromatic nitrogens is 3. The summed E-state index contributed by atoms with van der Waals surface area (Å²) in [5.74, 6) is 1.21. The Labute approximate surface area is 90.7 Å². The Kier molecular flexibility index (Phi) is 2.82. The lowest BCUT2D eigenvalue weighted by molar-refractivity contribution is 0.380. The van der Waals surface area contributed by atoms with Gasteiger partial charge in [0.2, 0.25) is 5.89 Å². The van der Waals surface area contributed by atoms with Crippen molar-refractivity contribution in [2.45, 2.75) is 13.3 Å². The van der Waals surface area contributed by atoms with Gasteiger partial charge in [0.1, 0.15) is 10.8 Å². The van der Waals surface area contributed by atoms with Crippen LogP contribution in [0, 0.1) is 6.92 Å². The molecule has 6 nitrogen and oxygen atoms in total. The molecule has 0 spiro atoms. The summed E-state index contributed by atoms with van der Waals surface area (Å²) in [6, 6.07) is 0. The van der Waals surface area contributed by atoms with Gasteiger partial charge in [-0.25, -0.2) is 0 Å². The first kappa shape index (κ1) is 9.91. The first-order chi connectivity index (χ1) is 7.27. The van der Waals surface area contributed by atoms with Crippen LogP contribution in [0.3, 0.4) is 0 Å². The van der Waals surface area contributed by atoms with Crippen molar-refractivity contribution in [3.8, 4) is 0 Å². The Balaban J connectivity index is 1.86. The van der Waals surface area contributed by atoms with E-state index in [1.807, 2.05) is 6.92 Å². The van der Waals surface area contributed by atoms with Gasteiger partial charge in [-0.05, 0) is 18.5 Å². The molecule has 0 aliphatic carbocycles. The first-order valence-corrected chi connectivity index (χ1v) is 5.26. The highest BCUT2D eigenvalue weighted by atomic mass is 32.1. The molecule has 80 valence electrons.